The van der Waals surface area contributed by atoms with Crippen molar-refractivity contribution in [2.45, 2.75) is 24.3 Å². The zero-order valence-corrected chi connectivity index (χ0v) is 11.5. The molecule has 1 aromatic rings. The van der Waals surface area contributed by atoms with Gasteiger partial charge in [-0.05, 0) is 42.8 Å². The van der Waals surface area contributed by atoms with E-state index in [1.54, 1.807) is 12.1 Å². The minimum absolute atomic E-state index is 0.167. The molecule has 0 fully saturated rings. The molecule has 1 unspecified atom stereocenters. The van der Waals surface area contributed by atoms with Gasteiger partial charge < -0.3 is 4.74 Å². The second kappa shape index (κ2) is 6.20. The first-order chi connectivity index (χ1) is 8.33. The number of benzene rings is 1. The van der Waals surface area contributed by atoms with Crippen molar-refractivity contribution < 1.29 is 18.7 Å². The van der Waals surface area contributed by atoms with Crippen molar-refractivity contribution >= 4 is 34.6 Å². The Labute approximate surface area is 114 Å². The number of hydrogen-bond donors (Lipinski definition) is 0. The fourth-order valence-corrected chi connectivity index (χ4v) is 2.34. The van der Waals surface area contributed by atoms with Crippen molar-refractivity contribution in [3.63, 3.8) is 0 Å². The third-order valence-corrected chi connectivity index (χ3v) is 3.81. The maximum atomic E-state index is 12.7. The SMILES string of the molecule is CC(=O)OC(C)(CSc1ccc(F)cc1)C(=O)Cl. The lowest BCUT2D eigenvalue weighted by Crippen LogP contribution is -2.39. The minimum atomic E-state index is -1.38. The van der Waals surface area contributed by atoms with Crippen molar-refractivity contribution in [2.75, 3.05) is 5.75 Å². The average Bonchev–Trinajstić information content (AvgIpc) is 2.27. The highest BCUT2D eigenvalue weighted by Gasteiger charge is 2.35. The number of halogens is 2. The van der Waals surface area contributed by atoms with Gasteiger partial charge in [0.1, 0.15) is 5.82 Å². The van der Waals surface area contributed by atoms with E-state index in [-0.39, 0.29) is 11.6 Å². The molecule has 6 heteroatoms. The molecule has 0 heterocycles. The second-order valence-corrected chi connectivity index (χ2v) is 5.23. The maximum Gasteiger partial charge on any atom is 0.303 e. The van der Waals surface area contributed by atoms with Gasteiger partial charge in [-0.1, -0.05) is 0 Å². The summed E-state index contributed by atoms with van der Waals surface area (Å²) in [7, 11) is 0. The van der Waals surface area contributed by atoms with E-state index >= 15 is 0 Å². The van der Waals surface area contributed by atoms with E-state index in [4.69, 9.17) is 16.3 Å². The first-order valence-corrected chi connectivity index (χ1v) is 6.48. The smallest absolute Gasteiger partial charge is 0.303 e. The number of esters is 1. The van der Waals surface area contributed by atoms with Gasteiger partial charge in [-0.25, -0.2) is 4.39 Å². The minimum Gasteiger partial charge on any atom is -0.449 e. The summed E-state index contributed by atoms with van der Waals surface area (Å²) in [6.07, 6.45) is 0. The van der Waals surface area contributed by atoms with Gasteiger partial charge in [0.05, 0.1) is 0 Å². The monoisotopic (exact) mass is 290 g/mol. The molecule has 0 aromatic heterocycles. The molecule has 0 amide bonds. The first kappa shape index (κ1) is 15.0. The molecule has 3 nitrogen and oxygen atoms in total. The van der Waals surface area contributed by atoms with Crippen LogP contribution in [0.1, 0.15) is 13.8 Å². The summed E-state index contributed by atoms with van der Waals surface area (Å²) in [6, 6.07) is 5.78. The Balaban J connectivity index is 2.71. The van der Waals surface area contributed by atoms with Crippen molar-refractivity contribution in [3.05, 3.63) is 30.1 Å². The van der Waals surface area contributed by atoms with E-state index in [1.165, 1.54) is 37.7 Å². The van der Waals surface area contributed by atoms with Crippen molar-refractivity contribution in [1.82, 2.24) is 0 Å². The number of hydrogen-bond acceptors (Lipinski definition) is 4. The number of ether oxygens (including phenoxy) is 1. The number of carbonyl (C=O) groups is 2. The van der Waals surface area contributed by atoms with Crippen LogP contribution in [0.25, 0.3) is 0 Å². The van der Waals surface area contributed by atoms with Crippen LogP contribution in [0, 0.1) is 5.82 Å². The van der Waals surface area contributed by atoms with Crippen LogP contribution < -0.4 is 0 Å². The van der Waals surface area contributed by atoms with Gasteiger partial charge in [-0.3, -0.25) is 9.59 Å². The summed E-state index contributed by atoms with van der Waals surface area (Å²) in [5.74, 6) is -0.748. The Bertz CT molecular complexity index is 449. The van der Waals surface area contributed by atoms with E-state index in [1.807, 2.05) is 0 Å². The normalized spacial score (nSPS) is 13.8. The Morgan fingerprint density at radius 3 is 2.39 bits per heavy atom. The Kier molecular flexibility index (Phi) is 5.16. The van der Waals surface area contributed by atoms with Crippen LogP contribution in [-0.2, 0) is 14.3 Å². The fourth-order valence-electron chi connectivity index (χ4n) is 1.20. The summed E-state index contributed by atoms with van der Waals surface area (Å²) in [6.45, 7) is 2.65. The maximum absolute atomic E-state index is 12.7. The zero-order valence-electron chi connectivity index (χ0n) is 9.91. The van der Waals surface area contributed by atoms with Crippen molar-refractivity contribution in [2.24, 2.45) is 0 Å². The molecule has 0 radical (unpaired) electrons. The van der Waals surface area contributed by atoms with Gasteiger partial charge >= 0.3 is 5.97 Å². The molecule has 0 saturated heterocycles. The molecule has 0 aliphatic carbocycles. The topological polar surface area (TPSA) is 43.4 Å². The summed E-state index contributed by atoms with van der Waals surface area (Å²) in [5, 5.41) is -0.743. The predicted octanol–water partition coefficient (Wildman–Crippen LogP) is 3.01. The van der Waals surface area contributed by atoms with Gasteiger partial charge in [-0.2, -0.15) is 0 Å². The second-order valence-electron chi connectivity index (χ2n) is 3.84. The molecule has 1 atom stereocenters. The first-order valence-electron chi connectivity index (χ1n) is 5.11. The summed E-state index contributed by atoms with van der Waals surface area (Å²) in [4.78, 5) is 23.0. The molecule has 0 aliphatic rings. The molecule has 98 valence electrons. The van der Waals surface area contributed by atoms with Crippen LogP contribution in [0.5, 0.6) is 0 Å². The van der Waals surface area contributed by atoms with E-state index < -0.39 is 16.8 Å². The van der Waals surface area contributed by atoms with E-state index in [0.29, 0.717) is 0 Å². The molecule has 0 N–H and O–H groups in total. The van der Waals surface area contributed by atoms with E-state index in [0.717, 1.165) is 4.90 Å². The van der Waals surface area contributed by atoms with Gasteiger partial charge in [0.25, 0.3) is 5.24 Å². The van der Waals surface area contributed by atoms with E-state index in [9.17, 15) is 14.0 Å². The van der Waals surface area contributed by atoms with E-state index in [2.05, 4.69) is 0 Å². The van der Waals surface area contributed by atoms with Crippen molar-refractivity contribution in [3.8, 4) is 0 Å². The molecule has 1 aromatic carbocycles. The highest BCUT2D eigenvalue weighted by molar-refractivity contribution is 7.99. The van der Waals surface area contributed by atoms with Crippen LogP contribution in [0.3, 0.4) is 0 Å². The zero-order chi connectivity index (χ0) is 13.8. The molecule has 18 heavy (non-hydrogen) atoms. The molecule has 1 rings (SSSR count). The molecular formula is C12H12ClFO3S. The number of thioether (sulfide) groups is 1. The lowest BCUT2D eigenvalue weighted by Gasteiger charge is -2.24. The quantitative estimate of drug-likeness (QED) is 0.475. The Hall–Kier alpha value is -1.07. The standard InChI is InChI=1S/C12H12ClFO3S/c1-8(15)17-12(2,11(13)16)7-18-10-5-3-9(14)4-6-10/h3-6H,7H2,1-2H3. The third kappa shape index (κ3) is 4.31. The van der Waals surface area contributed by atoms with Crippen molar-refractivity contribution in [1.29, 1.82) is 0 Å². The van der Waals surface area contributed by atoms with Crippen LogP contribution in [0.4, 0.5) is 4.39 Å². The van der Waals surface area contributed by atoms with Gasteiger partial charge in [0.15, 0.2) is 5.60 Å². The van der Waals surface area contributed by atoms with Crippen LogP contribution in [0.15, 0.2) is 29.2 Å². The Morgan fingerprint density at radius 1 is 1.39 bits per heavy atom. The predicted molar refractivity (Wildman–Crippen MR) is 68.2 cm³/mol. The van der Waals surface area contributed by atoms with Crippen LogP contribution in [-0.4, -0.2) is 22.6 Å². The van der Waals surface area contributed by atoms with Gasteiger partial charge in [-0.15, -0.1) is 11.8 Å². The molecule has 0 bridgehead atoms. The Morgan fingerprint density at radius 2 is 1.94 bits per heavy atom. The highest BCUT2D eigenvalue weighted by atomic mass is 35.5. The summed E-state index contributed by atoms with van der Waals surface area (Å²) >= 11 is 6.69. The lowest BCUT2D eigenvalue weighted by molar-refractivity contribution is -0.158. The van der Waals surface area contributed by atoms with Crippen LogP contribution >= 0.6 is 23.4 Å². The van der Waals surface area contributed by atoms with Gasteiger partial charge in [0, 0.05) is 17.6 Å². The summed E-state index contributed by atoms with van der Waals surface area (Å²) in [5.41, 5.74) is -1.38. The summed E-state index contributed by atoms with van der Waals surface area (Å²) < 4.78 is 17.6. The molecule has 0 saturated carbocycles. The number of carbonyl (C=O) groups excluding carboxylic acids is 2. The molecule has 0 aliphatic heterocycles. The third-order valence-electron chi connectivity index (χ3n) is 2.11. The molecular weight excluding hydrogens is 279 g/mol. The fraction of sp³-hybridized carbons (Fsp3) is 0.333. The largest absolute Gasteiger partial charge is 0.449 e. The lowest BCUT2D eigenvalue weighted by atomic mass is 10.2. The molecule has 0 spiro atoms. The van der Waals surface area contributed by atoms with Gasteiger partial charge in [0.2, 0.25) is 0 Å². The number of rotatable bonds is 5. The van der Waals surface area contributed by atoms with Crippen LogP contribution in [0.2, 0.25) is 0 Å². The highest BCUT2D eigenvalue weighted by Crippen LogP contribution is 2.27. The average molecular weight is 291 g/mol.